The van der Waals surface area contributed by atoms with Crippen molar-refractivity contribution < 1.29 is 19.1 Å². The lowest BCUT2D eigenvalue weighted by Gasteiger charge is -2.16. The van der Waals surface area contributed by atoms with Gasteiger partial charge in [-0.2, -0.15) is 5.10 Å². The van der Waals surface area contributed by atoms with Gasteiger partial charge in [0, 0.05) is 19.7 Å². The highest BCUT2D eigenvalue weighted by Gasteiger charge is 2.14. The highest BCUT2D eigenvalue weighted by atomic mass is 79.9. The van der Waals surface area contributed by atoms with Crippen LogP contribution in [0.15, 0.2) is 52.0 Å². The van der Waals surface area contributed by atoms with Crippen molar-refractivity contribution >= 4 is 34.0 Å². The van der Waals surface area contributed by atoms with Crippen LogP contribution in [0.2, 0.25) is 0 Å². The Morgan fingerprint density at radius 3 is 2.54 bits per heavy atom. The third-order valence-electron chi connectivity index (χ3n) is 3.59. The van der Waals surface area contributed by atoms with Crippen molar-refractivity contribution in [2.75, 3.05) is 27.3 Å². The number of likely N-dealkylation sites (N-methyl/N-ethyl adjacent to an activating group) is 1. The van der Waals surface area contributed by atoms with Crippen LogP contribution in [0.1, 0.15) is 22.8 Å². The summed E-state index contributed by atoms with van der Waals surface area (Å²) in [5.41, 5.74) is 3.69. The van der Waals surface area contributed by atoms with Crippen LogP contribution in [0, 0.1) is 0 Å². The number of nitrogens with zero attached hydrogens (tertiary/aromatic N) is 2. The van der Waals surface area contributed by atoms with E-state index in [-0.39, 0.29) is 18.4 Å². The number of hydrogen-bond acceptors (Lipinski definition) is 5. The van der Waals surface area contributed by atoms with E-state index in [1.165, 1.54) is 11.1 Å². The van der Waals surface area contributed by atoms with Gasteiger partial charge in [0.05, 0.1) is 17.3 Å². The number of carbonyl (C=O) groups excluding carboxylic acids is 2. The van der Waals surface area contributed by atoms with Crippen LogP contribution in [0.4, 0.5) is 0 Å². The van der Waals surface area contributed by atoms with Crippen molar-refractivity contribution in [2.24, 2.45) is 5.10 Å². The van der Waals surface area contributed by atoms with Crippen molar-refractivity contribution in [1.29, 1.82) is 0 Å². The summed E-state index contributed by atoms with van der Waals surface area (Å²) in [6.07, 6.45) is 1.50. The molecule has 1 N–H and O–H groups in total. The van der Waals surface area contributed by atoms with Gasteiger partial charge in [0.1, 0.15) is 0 Å². The monoisotopic (exact) mass is 447 g/mol. The minimum absolute atomic E-state index is 0.105. The van der Waals surface area contributed by atoms with Gasteiger partial charge in [-0.15, -0.1) is 0 Å². The van der Waals surface area contributed by atoms with Crippen LogP contribution in [0.5, 0.6) is 11.5 Å². The molecule has 0 radical (unpaired) electrons. The van der Waals surface area contributed by atoms with E-state index in [4.69, 9.17) is 9.47 Å². The van der Waals surface area contributed by atoms with Crippen molar-refractivity contribution in [3.05, 3.63) is 58.1 Å². The topological polar surface area (TPSA) is 80.2 Å². The average molecular weight is 448 g/mol. The lowest BCUT2D eigenvalue weighted by atomic mass is 10.2. The van der Waals surface area contributed by atoms with E-state index in [0.717, 1.165) is 0 Å². The van der Waals surface area contributed by atoms with Crippen LogP contribution >= 0.6 is 15.9 Å². The molecule has 7 nitrogen and oxygen atoms in total. The number of hydrazone groups is 1. The molecule has 0 heterocycles. The number of halogens is 1. The molecule has 8 heteroatoms. The Balaban J connectivity index is 2.12. The maximum Gasteiger partial charge on any atom is 0.271 e. The predicted octanol–water partition coefficient (Wildman–Crippen LogP) is 3.08. The molecule has 0 saturated heterocycles. The molecule has 0 bridgehead atoms. The quantitative estimate of drug-likeness (QED) is 0.497. The SMILES string of the molecule is CCOc1cc(/C=N/NC(=O)c2ccccc2)cc(Br)c1OCC(=O)N(C)C. The van der Waals surface area contributed by atoms with Crippen LogP contribution in [0.25, 0.3) is 0 Å². The number of benzene rings is 2. The highest BCUT2D eigenvalue weighted by Crippen LogP contribution is 2.36. The van der Waals surface area contributed by atoms with Gasteiger partial charge >= 0.3 is 0 Å². The van der Waals surface area contributed by atoms with Crippen molar-refractivity contribution in [1.82, 2.24) is 10.3 Å². The zero-order chi connectivity index (χ0) is 20.5. The Morgan fingerprint density at radius 2 is 1.89 bits per heavy atom. The minimum atomic E-state index is -0.303. The maximum atomic E-state index is 12.0. The van der Waals surface area contributed by atoms with E-state index < -0.39 is 0 Å². The Kier molecular flexibility index (Phi) is 8.01. The molecule has 0 aliphatic carbocycles. The molecule has 0 fully saturated rings. The first kappa shape index (κ1) is 21.4. The van der Waals surface area contributed by atoms with Gasteiger partial charge in [0.2, 0.25) is 0 Å². The zero-order valence-corrected chi connectivity index (χ0v) is 17.5. The Bertz CT molecular complexity index is 854. The normalized spacial score (nSPS) is 10.6. The van der Waals surface area contributed by atoms with Gasteiger partial charge in [-0.1, -0.05) is 18.2 Å². The lowest BCUT2D eigenvalue weighted by Crippen LogP contribution is -2.27. The Hall–Kier alpha value is -2.87. The summed E-state index contributed by atoms with van der Waals surface area (Å²) in [7, 11) is 3.32. The van der Waals surface area contributed by atoms with Gasteiger partial charge in [-0.25, -0.2) is 5.43 Å². The van der Waals surface area contributed by atoms with E-state index in [2.05, 4.69) is 26.5 Å². The molecule has 28 heavy (non-hydrogen) atoms. The molecule has 0 unspecified atom stereocenters. The fourth-order valence-electron chi connectivity index (χ4n) is 2.15. The van der Waals surface area contributed by atoms with Gasteiger partial charge in [-0.05, 0) is 52.7 Å². The summed E-state index contributed by atoms with van der Waals surface area (Å²) in [6, 6.07) is 12.3. The second-order valence-electron chi connectivity index (χ2n) is 5.90. The van der Waals surface area contributed by atoms with Gasteiger partial charge < -0.3 is 14.4 Å². The number of amides is 2. The summed E-state index contributed by atoms with van der Waals surface area (Å²) in [4.78, 5) is 25.2. The van der Waals surface area contributed by atoms with Gasteiger partial charge in [0.25, 0.3) is 11.8 Å². The molecule has 0 aliphatic rings. The zero-order valence-electron chi connectivity index (χ0n) is 15.9. The van der Waals surface area contributed by atoms with E-state index in [0.29, 0.717) is 33.7 Å². The van der Waals surface area contributed by atoms with Gasteiger partial charge in [-0.3, -0.25) is 9.59 Å². The molecule has 0 saturated carbocycles. The summed E-state index contributed by atoms with van der Waals surface area (Å²) < 4.78 is 11.9. The first-order valence-electron chi connectivity index (χ1n) is 8.60. The van der Waals surface area contributed by atoms with E-state index in [1.54, 1.807) is 50.5 Å². The third kappa shape index (κ3) is 6.09. The van der Waals surface area contributed by atoms with Crippen LogP contribution < -0.4 is 14.9 Å². The molecule has 0 spiro atoms. The Morgan fingerprint density at radius 1 is 1.18 bits per heavy atom. The number of rotatable bonds is 8. The second-order valence-corrected chi connectivity index (χ2v) is 6.76. The molecule has 0 aromatic heterocycles. The molecule has 2 rings (SSSR count). The minimum Gasteiger partial charge on any atom is -0.490 e. The molecule has 148 valence electrons. The standard InChI is InChI=1S/C20H22BrN3O4/c1-4-27-17-11-14(10-16(21)19(17)28-13-18(25)24(2)3)12-22-23-20(26)15-8-6-5-7-9-15/h5-12H,4,13H2,1-3H3,(H,23,26)/b22-12+. The molecular formula is C20H22BrN3O4. The fraction of sp³-hybridized carbons (Fsp3) is 0.250. The van der Waals surface area contributed by atoms with Crippen molar-refractivity contribution in [2.45, 2.75) is 6.92 Å². The van der Waals surface area contributed by atoms with E-state index in [1.807, 2.05) is 13.0 Å². The number of nitrogens with one attached hydrogen (secondary N) is 1. The Labute approximate surface area is 172 Å². The average Bonchev–Trinajstić information content (AvgIpc) is 2.68. The molecule has 0 aliphatic heterocycles. The molecule has 2 aromatic rings. The highest BCUT2D eigenvalue weighted by molar-refractivity contribution is 9.10. The predicted molar refractivity (Wildman–Crippen MR) is 111 cm³/mol. The summed E-state index contributed by atoms with van der Waals surface area (Å²) in [6.45, 7) is 2.17. The van der Waals surface area contributed by atoms with Crippen LogP contribution in [0.3, 0.4) is 0 Å². The first-order chi connectivity index (χ1) is 13.4. The largest absolute Gasteiger partial charge is 0.490 e. The smallest absolute Gasteiger partial charge is 0.271 e. The second kappa shape index (κ2) is 10.5. The van der Waals surface area contributed by atoms with Crippen LogP contribution in [-0.2, 0) is 4.79 Å². The summed E-state index contributed by atoms with van der Waals surface area (Å²) in [5.74, 6) is 0.438. The molecular weight excluding hydrogens is 426 g/mol. The number of carbonyl (C=O) groups is 2. The molecule has 2 amide bonds. The third-order valence-corrected chi connectivity index (χ3v) is 4.18. The fourth-order valence-corrected chi connectivity index (χ4v) is 2.72. The lowest BCUT2D eigenvalue weighted by molar-refractivity contribution is -0.130. The first-order valence-corrected chi connectivity index (χ1v) is 9.39. The van der Waals surface area contributed by atoms with Gasteiger partial charge in [0.15, 0.2) is 18.1 Å². The van der Waals surface area contributed by atoms with Crippen LogP contribution in [-0.4, -0.2) is 50.2 Å². The molecule has 2 aromatic carbocycles. The number of hydrogen-bond donors (Lipinski definition) is 1. The maximum absolute atomic E-state index is 12.0. The van der Waals surface area contributed by atoms with Crippen molar-refractivity contribution in [3.63, 3.8) is 0 Å². The van der Waals surface area contributed by atoms with E-state index in [9.17, 15) is 9.59 Å². The summed E-state index contributed by atoms with van der Waals surface area (Å²) >= 11 is 3.43. The summed E-state index contributed by atoms with van der Waals surface area (Å²) in [5, 5.41) is 3.98. The number of ether oxygens (including phenoxy) is 2. The van der Waals surface area contributed by atoms with E-state index >= 15 is 0 Å². The molecule has 0 atom stereocenters. The van der Waals surface area contributed by atoms with Crippen molar-refractivity contribution in [3.8, 4) is 11.5 Å².